The number of rotatable bonds is 3. The second-order valence-corrected chi connectivity index (χ2v) is 5.99. The Balaban J connectivity index is 1.94. The highest BCUT2D eigenvalue weighted by atomic mass is 35.5. The molecule has 0 aromatic heterocycles. The smallest absolute Gasteiger partial charge is 0.0409 e. The van der Waals surface area contributed by atoms with Crippen LogP contribution in [0.2, 0.25) is 5.02 Å². The van der Waals surface area contributed by atoms with Crippen molar-refractivity contribution in [1.29, 1.82) is 0 Å². The largest absolute Gasteiger partial charge is 0.307 e. The predicted octanol–water partition coefficient (Wildman–Crippen LogP) is 3.89. The fourth-order valence-corrected chi connectivity index (χ4v) is 3.40. The van der Waals surface area contributed by atoms with Gasteiger partial charge in [0.15, 0.2) is 0 Å². The molecule has 0 bridgehead atoms. The van der Waals surface area contributed by atoms with E-state index >= 15 is 0 Å². The molecule has 1 aliphatic rings. The molecular weight excluding hydrogens is 238 g/mol. The van der Waals surface area contributed by atoms with Crippen LogP contribution < -0.4 is 5.32 Å². The van der Waals surface area contributed by atoms with E-state index in [-0.39, 0.29) is 0 Å². The summed E-state index contributed by atoms with van der Waals surface area (Å²) in [7, 11) is 0. The monoisotopic (exact) mass is 255 g/mol. The van der Waals surface area contributed by atoms with E-state index in [9.17, 15) is 0 Å². The Morgan fingerprint density at radius 2 is 2.12 bits per heavy atom. The van der Waals surface area contributed by atoms with Gasteiger partial charge in [0.05, 0.1) is 0 Å². The van der Waals surface area contributed by atoms with E-state index in [1.165, 1.54) is 29.9 Å². The molecule has 1 fully saturated rings. The van der Waals surface area contributed by atoms with Gasteiger partial charge in [0.1, 0.15) is 0 Å². The minimum atomic E-state index is 0.395. The fraction of sp³-hybridized carbons (Fsp3) is 0.538. The lowest BCUT2D eigenvalue weighted by molar-refractivity contribution is 0.431. The van der Waals surface area contributed by atoms with Gasteiger partial charge in [-0.15, -0.1) is 0 Å². The molecule has 0 saturated carbocycles. The van der Waals surface area contributed by atoms with Crippen LogP contribution in [-0.4, -0.2) is 17.5 Å². The summed E-state index contributed by atoms with van der Waals surface area (Å²) in [4.78, 5) is 0. The van der Waals surface area contributed by atoms with E-state index in [0.29, 0.717) is 12.1 Å². The normalized spacial score (nSPS) is 19.6. The molecule has 16 heavy (non-hydrogen) atoms. The topological polar surface area (TPSA) is 12.0 Å². The Kier molecular flexibility index (Phi) is 4.56. The van der Waals surface area contributed by atoms with Crippen molar-refractivity contribution in [2.75, 3.05) is 11.5 Å². The second kappa shape index (κ2) is 5.95. The number of hydrogen-bond acceptors (Lipinski definition) is 2. The van der Waals surface area contributed by atoms with E-state index < -0.39 is 0 Å². The molecule has 1 aromatic carbocycles. The van der Waals surface area contributed by atoms with E-state index in [0.717, 1.165) is 5.02 Å². The Hall–Kier alpha value is -0.180. The van der Waals surface area contributed by atoms with Crippen molar-refractivity contribution in [3.05, 3.63) is 34.9 Å². The summed E-state index contributed by atoms with van der Waals surface area (Å²) < 4.78 is 0. The molecule has 1 aliphatic heterocycles. The highest BCUT2D eigenvalue weighted by molar-refractivity contribution is 7.99. The third-order valence-electron chi connectivity index (χ3n) is 3.06. The molecule has 0 unspecified atom stereocenters. The molecule has 1 nitrogen and oxygen atoms in total. The molecule has 0 aliphatic carbocycles. The molecule has 1 aromatic rings. The number of thioether (sulfide) groups is 1. The molecule has 1 atom stereocenters. The Morgan fingerprint density at radius 1 is 1.38 bits per heavy atom. The lowest BCUT2D eigenvalue weighted by Crippen LogP contribution is -2.34. The van der Waals surface area contributed by atoms with Crippen molar-refractivity contribution < 1.29 is 0 Å². The van der Waals surface area contributed by atoms with Crippen LogP contribution in [0.5, 0.6) is 0 Å². The van der Waals surface area contributed by atoms with Crippen LogP contribution in [0.4, 0.5) is 0 Å². The standard InChI is InChI=1S/C13H18ClNS/c1-10(11-3-2-4-12(14)9-11)15-13-5-7-16-8-6-13/h2-4,9-10,13,15H,5-8H2,1H3/t10-/m1/s1. The maximum absolute atomic E-state index is 6.00. The minimum absolute atomic E-state index is 0.395. The van der Waals surface area contributed by atoms with Crippen LogP contribution in [0, 0.1) is 0 Å². The molecule has 0 spiro atoms. The maximum atomic E-state index is 6.00. The van der Waals surface area contributed by atoms with Crippen molar-refractivity contribution in [2.24, 2.45) is 0 Å². The molecule has 1 heterocycles. The van der Waals surface area contributed by atoms with Crippen molar-refractivity contribution in [3.8, 4) is 0 Å². The van der Waals surface area contributed by atoms with E-state index in [4.69, 9.17) is 11.6 Å². The van der Waals surface area contributed by atoms with Crippen molar-refractivity contribution >= 4 is 23.4 Å². The van der Waals surface area contributed by atoms with Gasteiger partial charge in [-0.1, -0.05) is 23.7 Å². The summed E-state index contributed by atoms with van der Waals surface area (Å²) in [5.74, 6) is 2.58. The third kappa shape index (κ3) is 3.41. The average molecular weight is 256 g/mol. The molecule has 1 saturated heterocycles. The first-order valence-corrected chi connectivity index (χ1v) is 7.38. The van der Waals surface area contributed by atoms with Gasteiger partial charge in [-0.2, -0.15) is 11.8 Å². The zero-order valence-electron chi connectivity index (χ0n) is 9.58. The van der Waals surface area contributed by atoms with Gasteiger partial charge < -0.3 is 5.32 Å². The van der Waals surface area contributed by atoms with Crippen LogP contribution in [0.1, 0.15) is 31.4 Å². The van der Waals surface area contributed by atoms with Gasteiger partial charge in [0.25, 0.3) is 0 Å². The molecular formula is C13H18ClNS. The van der Waals surface area contributed by atoms with E-state index in [2.05, 4.69) is 36.1 Å². The van der Waals surface area contributed by atoms with E-state index in [1.54, 1.807) is 0 Å². The van der Waals surface area contributed by atoms with Gasteiger partial charge in [-0.25, -0.2) is 0 Å². The fourth-order valence-electron chi connectivity index (χ4n) is 2.09. The van der Waals surface area contributed by atoms with Crippen LogP contribution in [0.15, 0.2) is 24.3 Å². The number of halogens is 1. The summed E-state index contributed by atoms with van der Waals surface area (Å²) in [6.45, 7) is 2.22. The molecule has 3 heteroatoms. The molecule has 2 rings (SSSR count). The first kappa shape index (κ1) is 12.3. The van der Waals surface area contributed by atoms with E-state index in [1.807, 2.05) is 12.1 Å². The van der Waals surface area contributed by atoms with Crippen LogP contribution >= 0.6 is 23.4 Å². The zero-order chi connectivity index (χ0) is 11.4. The van der Waals surface area contributed by atoms with Crippen molar-refractivity contribution in [2.45, 2.75) is 31.8 Å². The third-order valence-corrected chi connectivity index (χ3v) is 4.34. The number of hydrogen-bond donors (Lipinski definition) is 1. The number of benzene rings is 1. The summed E-state index contributed by atoms with van der Waals surface area (Å²) in [5, 5.41) is 4.51. The highest BCUT2D eigenvalue weighted by Crippen LogP contribution is 2.22. The average Bonchev–Trinajstić information content (AvgIpc) is 2.30. The second-order valence-electron chi connectivity index (χ2n) is 4.33. The lowest BCUT2D eigenvalue weighted by atomic mass is 10.1. The van der Waals surface area contributed by atoms with Crippen molar-refractivity contribution in [1.82, 2.24) is 5.32 Å². The maximum Gasteiger partial charge on any atom is 0.0409 e. The van der Waals surface area contributed by atoms with Crippen LogP contribution in [0.3, 0.4) is 0 Å². The predicted molar refractivity (Wildman–Crippen MR) is 73.3 cm³/mol. The van der Waals surface area contributed by atoms with Gasteiger partial charge in [-0.05, 0) is 49.0 Å². The summed E-state index contributed by atoms with van der Waals surface area (Å²) in [5.41, 5.74) is 1.28. The summed E-state index contributed by atoms with van der Waals surface area (Å²) >= 11 is 8.06. The minimum Gasteiger partial charge on any atom is -0.307 e. The molecule has 88 valence electrons. The molecule has 0 radical (unpaired) electrons. The first-order chi connectivity index (χ1) is 7.75. The number of nitrogens with one attached hydrogen (secondary N) is 1. The Bertz CT molecular complexity index is 336. The summed E-state index contributed by atoms with van der Waals surface area (Å²) in [6.07, 6.45) is 2.57. The Morgan fingerprint density at radius 3 is 2.81 bits per heavy atom. The quantitative estimate of drug-likeness (QED) is 0.880. The van der Waals surface area contributed by atoms with Crippen molar-refractivity contribution in [3.63, 3.8) is 0 Å². The highest BCUT2D eigenvalue weighted by Gasteiger charge is 2.16. The molecule has 0 amide bonds. The SMILES string of the molecule is C[C@@H](NC1CCSCC1)c1cccc(Cl)c1. The van der Waals surface area contributed by atoms with Crippen LogP contribution in [0.25, 0.3) is 0 Å². The van der Waals surface area contributed by atoms with Gasteiger partial charge in [-0.3, -0.25) is 0 Å². The molecule has 1 N–H and O–H groups in total. The van der Waals surface area contributed by atoms with Gasteiger partial charge in [0, 0.05) is 17.1 Å². The van der Waals surface area contributed by atoms with Gasteiger partial charge in [0.2, 0.25) is 0 Å². The van der Waals surface area contributed by atoms with Gasteiger partial charge >= 0.3 is 0 Å². The Labute approximate surface area is 107 Å². The zero-order valence-corrected chi connectivity index (χ0v) is 11.2. The van der Waals surface area contributed by atoms with Crippen LogP contribution in [-0.2, 0) is 0 Å². The first-order valence-electron chi connectivity index (χ1n) is 5.85. The summed E-state index contributed by atoms with van der Waals surface area (Å²) in [6, 6.07) is 9.21. The lowest BCUT2D eigenvalue weighted by Gasteiger charge is -2.26.